The van der Waals surface area contributed by atoms with Gasteiger partial charge in [-0.05, 0) is 11.6 Å². The van der Waals surface area contributed by atoms with Gasteiger partial charge in [0.25, 0.3) is 0 Å². The van der Waals surface area contributed by atoms with E-state index in [1.165, 1.54) is 0 Å². The summed E-state index contributed by atoms with van der Waals surface area (Å²) in [6, 6.07) is 8.42. The van der Waals surface area contributed by atoms with Crippen molar-refractivity contribution in [2.45, 2.75) is 32.9 Å². The van der Waals surface area contributed by atoms with Gasteiger partial charge in [-0.15, -0.1) is 11.3 Å². The highest BCUT2D eigenvalue weighted by molar-refractivity contribution is 7.09. The molecule has 2 rings (SSSR count). The van der Waals surface area contributed by atoms with Crippen LogP contribution in [0.4, 0.5) is 0 Å². The number of aromatic nitrogens is 1. The smallest absolute Gasteiger partial charge is 0.0973 e. The van der Waals surface area contributed by atoms with E-state index in [1.54, 1.807) is 11.3 Å². The minimum atomic E-state index is 0.485. The summed E-state index contributed by atoms with van der Waals surface area (Å²) in [7, 11) is 0. The second-order valence-electron chi connectivity index (χ2n) is 4.54. The van der Waals surface area contributed by atoms with Crippen LogP contribution in [-0.4, -0.2) is 11.0 Å². The number of nitrogens with zero attached hydrogens (tertiary/aromatic N) is 1. The third-order valence-corrected chi connectivity index (χ3v) is 3.86. The van der Waals surface area contributed by atoms with Crippen LogP contribution in [0.3, 0.4) is 0 Å². The lowest BCUT2D eigenvalue weighted by Crippen LogP contribution is -2.21. The molecule has 0 aliphatic heterocycles. The molecule has 1 heterocycles. The summed E-state index contributed by atoms with van der Waals surface area (Å²) >= 11 is 7.84. The van der Waals surface area contributed by atoms with Crippen molar-refractivity contribution < 1.29 is 0 Å². The van der Waals surface area contributed by atoms with Crippen molar-refractivity contribution >= 4 is 22.9 Å². The summed E-state index contributed by atoms with van der Waals surface area (Å²) in [6.07, 6.45) is 0.812. The Balaban J connectivity index is 2.00. The molecule has 0 saturated carbocycles. The molecule has 18 heavy (non-hydrogen) atoms. The first kappa shape index (κ1) is 13.5. The molecule has 0 radical (unpaired) electrons. The van der Waals surface area contributed by atoms with Crippen LogP contribution in [0.1, 0.15) is 30.1 Å². The highest BCUT2D eigenvalue weighted by Crippen LogP contribution is 2.20. The zero-order chi connectivity index (χ0) is 13.0. The number of nitrogens with one attached hydrogen (secondary N) is 1. The predicted octanol–water partition coefficient (Wildman–Crippen LogP) is 3.89. The molecule has 0 saturated heterocycles. The molecule has 1 N–H and O–H groups in total. The summed E-state index contributed by atoms with van der Waals surface area (Å²) < 4.78 is 0. The van der Waals surface area contributed by atoms with Gasteiger partial charge in [-0.3, -0.25) is 0 Å². The maximum absolute atomic E-state index is 6.15. The van der Waals surface area contributed by atoms with Gasteiger partial charge in [0.2, 0.25) is 0 Å². The number of hydrogen-bond acceptors (Lipinski definition) is 3. The fourth-order valence-corrected chi connectivity index (χ4v) is 2.64. The number of halogens is 1. The van der Waals surface area contributed by atoms with Crippen molar-refractivity contribution in [2.75, 3.05) is 0 Å². The number of rotatable bonds is 5. The average Bonchev–Trinajstić information content (AvgIpc) is 2.77. The Hall–Kier alpha value is -0.900. The van der Waals surface area contributed by atoms with Crippen molar-refractivity contribution in [2.24, 2.45) is 0 Å². The van der Waals surface area contributed by atoms with E-state index in [0.29, 0.717) is 6.04 Å². The molecule has 0 unspecified atom stereocenters. The van der Waals surface area contributed by atoms with Crippen LogP contribution in [0.25, 0.3) is 0 Å². The summed E-state index contributed by atoms with van der Waals surface area (Å²) in [4.78, 5) is 4.62. The van der Waals surface area contributed by atoms with Gasteiger partial charge in [0, 0.05) is 29.4 Å². The number of benzene rings is 1. The maximum atomic E-state index is 6.15. The van der Waals surface area contributed by atoms with E-state index < -0.39 is 0 Å². The molecule has 0 atom stereocenters. The summed E-state index contributed by atoms with van der Waals surface area (Å²) in [6.45, 7) is 5.10. The lowest BCUT2D eigenvalue weighted by Gasteiger charge is -2.05. The van der Waals surface area contributed by atoms with Gasteiger partial charge < -0.3 is 5.32 Å². The van der Waals surface area contributed by atoms with E-state index in [9.17, 15) is 0 Å². The number of hydrogen-bond donors (Lipinski definition) is 1. The fourth-order valence-electron chi connectivity index (χ4n) is 1.62. The molecule has 0 amide bonds. The molecule has 0 fully saturated rings. The van der Waals surface area contributed by atoms with Gasteiger partial charge in [-0.2, -0.15) is 0 Å². The molecule has 4 heteroatoms. The summed E-state index contributed by atoms with van der Waals surface area (Å²) in [5.74, 6) is 0. The normalized spacial score (nSPS) is 11.1. The van der Waals surface area contributed by atoms with E-state index >= 15 is 0 Å². The largest absolute Gasteiger partial charge is 0.309 e. The molecule has 96 valence electrons. The van der Waals surface area contributed by atoms with Crippen LogP contribution in [0.5, 0.6) is 0 Å². The second kappa shape index (κ2) is 6.32. The second-order valence-corrected chi connectivity index (χ2v) is 5.89. The van der Waals surface area contributed by atoms with Crippen molar-refractivity contribution in [3.63, 3.8) is 0 Å². The summed E-state index contributed by atoms with van der Waals surface area (Å²) in [5.41, 5.74) is 2.24. The Morgan fingerprint density at radius 2 is 2.11 bits per heavy atom. The van der Waals surface area contributed by atoms with Crippen molar-refractivity contribution in [1.29, 1.82) is 0 Å². The topological polar surface area (TPSA) is 24.9 Å². The van der Waals surface area contributed by atoms with E-state index in [1.807, 2.05) is 18.2 Å². The Bertz CT molecular complexity index is 508. The molecule has 1 aromatic heterocycles. The van der Waals surface area contributed by atoms with Gasteiger partial charge in [-0.1, -0.05) is 43.6 Å². The molecular weight excluding hydrogens is 264 g/mol. The van der Waals surface area contributed by atoms with Crippen LogP contribution in [0.15, 0.2) is 29.6 Å². The predicted molar refractivity (Wildman–Crippen MR) is 78.3 cm³/mol. The Kier molecular flexibility index (Phi) is 4.75. The molecule has 0 spiro atoms. The standard InChI is InChI=1S/C14H17ClN2S/c1-10(2)16-8-12-9-18-14(17-12)7-11-5-3-4-6-13(11)15/h3-6,9-10,16H,7-8H2,1-2H3. The zero-order valence-electron chi connectivity index (χ0n) is 10.6. The first-order valence-corrected chi connectivity index (χ1v) is 7.31. The van der Waals surface area contributed by atoms with E-state index in [4.69, 9.17) is 11.6 Å². The molecular formula is C14H17ClN2S. The SMILES string of the molecule is CC(C)NCc1csc(Cc2ccccc2Cl)n1. The molecule has 2 aromatic rings. The molecule has 0 aliphatic rings. The molecule has 1 aromatic carbocycles. The monoisotopic (exact) mass is 280 g/mol. The average molecular weight is 281 g/mol. The Morgan fingerprint density at radius 3 is 2.83 bits per heavy atom. The van der Waals surface area contributed by atoms with E-state index in [2.05, 4.69) is 35.6 Å². The van der Waals surface area contributed by atoms with Crippen molar-refractivity contribution in [3.05, 3.63) is 50.9 Å². The highest BCUT2D eigenvalue weighted by atomic mass is 35.5. The summed E-state index contributed by atoms with van der Waals surface area (Å²) in [5, 5.41) is 7.41. The Labute approximate surface area is 117 Å². The van der Waals surface area contributed by atoms with Gasteiger partial charge in [0.05, 0.1) is 10.7 Å². The minimum Gasteiger partial charge on any atom is -0.309 e. The number of thiazole rings is 1. The third kappa shape index (κ3) is 3.80. The highest BCUT2D eigenvalue weighted by Gasteiger charge is 2.06. The minimum absolute atomic E-state index is 0.485. The van der Waals surface area contributed by atoms with Gasteiger partial charge in [-0.25, -0.2) is 4.98 Å². The lowest BCUT2D eigenvalue weighted by atomic mass is 10.2. The third-order valence-electron chi connectivity index (χ3n) is 2.59. The first-order chi connectivity index (χ1) is 8.65. The van der Waals surface area contributed by atoms with Crippen molar-refractivity contribution in [1.82, 2.24) is 10.3 Å². The van der Waals surface area contributed by atoms with Crippen LogP contribution in [0.2, 0.25) is 5.02 Å². The molecule has 0 aliphatic carbocycles. The van der Waals surface area contributed by atoms with Gasteiger partial charge >= 0.3 is 0 Å². The lowest BCUT2D eigenvalue weighted by molar-refractivity contribution is 0.582. The molecule has 0 bridgehead atoms. The molecule has 2 nitrogen and oxygen atoms in total. The first-order valence-electron chi connectivity index (χ1n) is 6.05. The zero-order valence-corrected chi connectivity index (χ0v) is 12.2. The Morgan fingerprint density at radius 1 is 1.33 bits per heavy atom. The quantitative estimate of drug-likeness (QED) is 0.899. The van der Waals surface area contributed by atoms with E-state index in [0.717, 1.165) is 34.3 Å². The van der Waals surface area contributed by atoms with Gasteiger partial charge in [0.15, 0.2) is 0 Å². The van der Waals surface area contributed by atoms with Gasteiger partial charge in [0.1, 0.15) is 0 Å². The van der Waals surface area contributed by atoms with Crippen LogP contribution in [0, 0.1) is 0 Å². The fraction of sp³-hybridized carbons (Fsp3) is 0.357. The van der Waals surface area contributed by atoms with E-state index in [-0.39, 0.29) is 0 Å². The van der Waals surface area contributed by atoms with Crippen LogP contribution in [-0.2, 0) is 13.0 Å². The maximum Gasteiger partial charge on any atom is 0.0973 e. The van der Waals surface area contributed by atoms with Crippen molar-refractivity contribution in [3.8, 4) is 0 Å². The van der Waals surface area contributed by atoms with Crippen LogP contribution < -0.4 is 5.32 Å². The van der Waals surface area contributed by atoms with Crippen LogP contribution >= 0.6 is 22.9 Å².